The maximum Gasteiger partial charge on any atom is 0.338 e. The summed E-state index contributed by atoms with van der Waals surface area (Å²) in [5.41, 5.74) is -0.229. The minimum Gasteiger partial charge on any atom is -0.493 e. The molecule has 0 aliphatic heterocycles. The fraction of sp³-hybridized carbons (Fsp3) is 0.263. The molecule has 0 fully saturated rings. The van der Waals surface area contributed by atoms with Crippen molar-refractivity contribution in [2.45, 2.75) is 13.3 Å². The van der Waals surface area contributed by atoms with Crippen molar-refractivity contribution < 1.29 is 32.6 Å². The van der Waals surface area contributed by atoms with Gasteiger partial charge in [-0.05, 0) is 40.5 Å². The van der Waals surface area contributed by atoms with Crippen LogP contribution in [0.2, 0.25) is 5.02 Å². The van der Waals surface area contributed by atoms with Crippen molar-refractivity contribution in [3.05, 3.63) is 51.0 Å². The van der Waals surface area contributed by atoms with E-state index in [4.69, 9.17) is 25.8 Å². The Morgan fingerprint density at radius 1 is 1.21 bits per heavy atom. The second-order valence-electron chi connectivity index (χ2n) is 5.71. The number of methoxy groups -OCH3 is 1. The Hall–Kier alpha value is -2.39. The molecular weight excluding hydrogens is 476 g/mol. The highest BCUT2D eigenvalue weighted by Gasteiger charge is 2.19. The molecule has 0 saturated carbocycles. The van der Waals surface area contributed by atoms with E-state index in [2.05, 4.69) is 21.2 Å². The minimum atomic E-state index is -0.976. The molecule has 0 heterocycles. The number of anilines is 1. The van der Waals surface area contributed by atoms with E-state index in [1.165, 1.54) is 19.2 Å². The average molecular weight is 493 g/mol. The van der Waals surface area contributed by atoms with Gasteiger partial charge in [0.1, 0.15) is 5.82 Å². The third-order valence-corrected chi connectivity index (χ3v) is 4.43. The van der Waals surface area contributed by atoms with Gasteiger partial charge >= 0.3 is 5.97 Å². The lowest BCUT2D eigenvalue weighted by Crippen LogP contribution is -2.22. The van der Waals surface area contributed by atoms with Crippen molar-refractivity contribution in [1.29, 1.82) is 0 Å². The van der Waals surface area contributed by atoms with Gasteiger partial charge in [-0.15, -0.1) is 0 Å². The van der Waals surface area contributed by atoms with Gasteiger partial charge in [0.25, 0.3) is 5.91 Å². The highest BCUT2D eigenvalue weighted by Crippen LogP contribution is 2.36. The Morgan fingerprint density at radius 3 is 2.55 bits per heavy atom. The summed E-state index contributed by atoms with van der Waals surface area (Å²) in [4.78, 5) is 24.2. The van der Waals surface area contributed by atoms with Crippen molar-refractivity contribution in [3.8, 4) is 11.5 Å². The molecule has 156 valence electrons. The molecule has 0 atom stereocenters. The van der Waals surface area contributed by atoms with Gasteiger partial charge in [0, 0.05) is 10.5 Å². The highest BCUT2D eigenvalue weighted by molar-refractivity contribution is 9.10. The number of esters is 1. The largest absolute Gasteiger partial charge is 0.493 e. The second kappa shape index (κ2) is 10.4. The number of nitrogens with one attached hydrogen (secondary N) is 1. The average Bonchev–Trinajstić information content (AvgIpc) is 2.67. The topological polar surface area (TPSA) is 73.9 Å². The maximum atomic E-state index is 13.8. The van der Waals surface area contributed by atoms with Crippen molar-refractivity contribution in [3.63, 3.8) is 0 Å². The van der Waals surface area contributed by atoms with Gasteiger partial charge in [0.15, 0.2) is 23.9 Å². The summed E-state index contributed by atoms with van der Waals surface area (Å²) in [7, 11) is 1.39. The molecule has 2 rings (SSSR count). The quantitative estimate of drug-likeness (QED) is 0.527. The van der Waals surface area contributed by atoms with E-state index in [9.17, 15) is 18.4 Å². The number of hydrogen-bond acceptors (Lipinski definition) is 5. The first-order valence-electron chi connectivity index (χ1n) is 8.38. The Bertz CT molecular complexity index is 903. The van der Waals surface area contributed by atoms with Crippen molar-refractivity contribution in [1.82, 2.24) is 0 Å². The molecule has 0 aliphatic carbocycles. The molecule has 0 spiro atoms. The molecule has 10 heteroatoms. The number of rotatable bonds is 8. The molecule has 1 N–H and O–H groups in total. The minimum absolute atomic E-state index is 0.00821. The number of ether oxygens (including phenoxy) is 3. The molecular formula is C19H17BrClF2NO5. The highest BCUT2D eigenvalue weighted by atomic mass is 79.9. The lowest BCUT2D eigenvalue weighted by molar-refractivity contribution is -0.119. The van der Waals surface area contributed by atoms with Crippen LogP contribution in [-0.2, 0) is 9.53 Å². The predicted molar refractivity (Wildman–Crippen MR) is 107 cm³/mol. The van der Waals surface area contributed by atoms with Crippen molar-refractivity contribution in [2.75, 3.05) is 25.6 Å². The first-order valence-corrected chi connectivity index (χ1v) is 9.55. The Labute approximate surface area is 179 Å². The van der Waals surface area contributed by atoms with Crippen LogP contribution >= 0.6 is 27.5 Å². The van der Waals surface area contributed by atoms with Gasteiger partial charge in [-0.3, -0.25) is 4.79 Å². The monoisotopic (exact) mass is 491 g/mol. The molecule has 0 saturated heterocycles. The summed E-state index contributed by atoms with van der Waals surface area (Å²) >= 11 is 9.09. The molecule has 29 heavy (non-hydrogen) atoms. The molecule has 2 aromatic carbocycles. The van der Waals surface area contributed by atoms with Crippen molar-refractivity contribution in [2.24, 2.45) is 0 Å². The Morgan fingerprint density at radius 2 is 1.93 bits per heavy atom. The normalized spacial score (nSPS) is 10.4. The van der Waals surface area contributed by atoms with E-state index in [1.807, 2.05) is 6.92 Å². The number of carbonyl (C=O) groups excluding carboxylic acids is 2. The summed E-state index contributed by atoms with van der Waals surface area (Å²) in [6.45, 7) is 1.64. The SMILES string of the molecule is CCCOc1c(Cl)cc(C(=O)OCC(=O)Nc2c(F)cc(F)cc2Br)cc1OC. The van der Waals surface area contributed by atoms with Gasteiger partial charge in [-0.2, -0.15) is 0 Å². The third-order valence-electron chi connectivity index (χ3n) is 3.52. The zero-order valence-electron chi connectivity index (χ0n) is 15.5. The van der Waals surface area contributed by atoms with E-state index in [0.29, 0.717) is 18.4 Å². The van der Waals surface area contributed by atoms with Crippen LogP contribution in [0.25, 0.3) is 0 Å². The molecule has 6 nitrogen and oxygen atoms in total. The molecule has 0 unspecified atom stereocenters. The smallest absolute Gasteiger partial charge is 0.338 e. The van der Waals surface area contributed by atoms with Crippen LogP contribution in [0, 0.1) is 11.6 Å². The molecule has 0 aliphatic rings. The lowest BCUT2D eigenvalue weighted by Gasteiger charge is -2.13. The van der Waals surface area contributed by atoms with Crippen LogP contribution in [0.4, 0.5) is 14.5 Å². The predicted octanol–water partition coefficient (Wildman–Crippen LogP) is 4.97. The molecule has 0 bridgehead atoms. The molecule has 0 radical (unpaired) electrons. The van der Waals surface area contributed by atoms with E-state index < -0.39 is 30.1 Å². The Balaban J connectivity index is 2.05. The number of carbonyl (C=O) groups is 2. The number of amides is 1. The van der Waals surface area contributed by atoms with Crippen LogP contribution in [0.15, 0.2) is 28.7 Å². The maximum absolute atomic E-state index is 13.8. The van der Waals surface area contributed by atoms with Crippen LogP contribution in [0.3, 0.4) is 0 Å². The summed E-state index contributed by atoms with van der Waals surface area (Å²) in [6.07, 6.45) is 0.753. The van der Waals surface area contributed by atoms with E-state index in [-0.39, 0.29) is 26.5 Å². The van der Waals surface area contributed by atoms with E-state index >= 15 is 0 Å². The van der Waals surface area contributed by atoms with Crippen LogP contribution in [-0.4, -0.2) is 32.2 Å². The Kier molecular flexibility index (Phi) is 8.21. The van der Waals surface area contributed by atoms with Gasteiger partial charge in [-0.1, -0.05) is 18.5 Å². The standard InChI is InChI=1S/C19H17BrClF2NO5/c1-3-4-28-18-13(21)5-10(6-15(18)27-2)19(26)29-9-16(25)24-17-12(20)7-11(22)8-14(17)23/h5-8H,3-4,9H2,1-2H3,(H,24,25). The molecule has 2 aromatic rings. The van der Waals surface area contributed by atoms with Crippen LogP contribution in [0.1, 0.15) is 23.7 Å². The number of benzene rings is 2. The van der Waals surface area contributed by atoms with Gasteiger partial charge in [-0.25, -0.2) is 13.6 Å². The fourth-order valence-electron chi connectivity index (χ4n) is 2.23. The van der Waals surface area contributed by atoms with Gasteiger partial charge < -0.3 is 19.5 Å². The summed E-state index contributed by atoms with van der Waals surface area (Å²) in [6, 6.07) is 4.29. The third kappa shape index (κ3) is 6.04. The summed E-state index contributed by atoms with van der Waals surface area (Å²) < 4.78 is 42.5. The van der Waals surface area contributed by atoms with E-state index in [0.717, 1.165) is 12.5 Å². The van der Waals surface area contributed by atoms with Crippen LogP contribution in [0.5, 0.6) is 11.5 Å². The molecule has 0 aromatic heterocycles. The lowest BCUT2D eigenvalue weighted by atomic mass is 10.2. The number of halogens is 4. The first-order chi connectivity index (χ1) is 13.8. The zero-order chi connectivity index (χ0) is 21.6. The first kappa shape index (κ1) is 22.9. The number of hydrogen-bond donors (Lipinski definition) is 1. The van der Waals surface area contributed by atoms with Gasteiger partial charge in [0.05, 0.1) is 30.0 Å². The molecule has 1 amide bonds. The van der Waals surface area contributed by atoms with Gasteiger partial charge in [0.2, 0.25) is 0 Å². The summed E-state index contributed by atoms with van der Waals surface area (Å²) in [5, 5.41) is 2.35. The van der Waals surface area contributed by atoms with Crippen molar-refractivity contribution >= 4 is 45.1 Å². The fourth-order valence-corrected chi connectivity index (χ4v) is 3.01. The van der Waals surface area contributed by atoms with Crippen LogP contribution < -0.4 is 14.8 Å². The van der Waals surface area contributed by atoms with E-state index in [1.54, 1.807) is 0 Å². The second-order valence-corrected chi connectivity index (χ2v) is 6.97. The zero-order valence-corrected chi connectivity index (χ0v) is 17.8. The summed E-state index contributed by atoms with van der Waals surface area (Å²) in [5.74, 6) is -2.92.